The number of aliphatic hydroxyl groups is 6. The minimum atomic E-state index is -1.69. The molecule has 9 nitrogen and oxygen atoms in total. The van der Waals surface area contributed by atoms with Gasteiger partial charge in [0.25, 0.3) is 0 Å². The summed E-state index contributed by atoms with van der Waals surface area (Å²) in [5, 5.41) is 65.0. The first-order chi connectivity index (χ1) is 20.3. The minimum absolute atomic E-state index is 0.188. The van der Waals surface area contributed by atoms with Crippen molar-refractivity contribution in [3.63, 3.8) is 0 Å². The summed E-state index contributed by atoms with van der Waals surface area (Å²) in [6.07, 6.45) is 11.5. The monoisotopic (exact) mass is 588 g/mol. The smallest absolute Gasteiger partial charge is 0.220 e. The molecule has 0 saturated carbocycles. The van der Waals surface area contributed by atoms with E-state index in [1.54, 1.807) is 0 Å². The highest BCUT2D eigenvalue weighted by Gasteiger charge is 2.48. The maximum atomic E-state index is 12.7. The Labute approximate surface area is 249 Å². The van der Waals surface area contributed by atoms with E-state index in [1.807, 2.05) is 6.08 Å². The molecule has 1 aliphatic rings. The van der Waals surface area contributed by atoms with Crippen LogP contribution in [-0.2, 0) is 9.53 Å². The summed E-state index contributed by atoms with van der Waals surface area (Å²) in [7, 11) is 0. The van der Waals surface area contributed by atoms with E-state index in [4.69, 9.17) is 6.11 Å². The molecule has 0 aromatic carbocycles. The molecule has 1 heterocycles. The van der Waals surface area contributed by atoms with Crippen LogP contribution in [-0.4, -0.2) is 91.9 Å². The molecule has 0 aliphatic carbocycles. The first-order valence-electron chi connectivity index (χ1n) is 16.9. The zero-order valence-corrected chi connectivity index (χ0v) is 25.4. The van der Waals surface area contributed by atoms with Gasteiger partial charge < -0.3 is 40.7 Å². The first kappa shape index (κ1) is 36.1. The van der Waals surface area contributed by atoms with Crippen molar-refractivity contribution >= 4 is 5.91 Å². The second kappa shape index (κ2) is 23.4. The van der Waals surface area contributed by atoms with E-state index in [2.05, 4.69) is 12.2 Å². The predicted octanol–water partition coefficient (Wildman–Crippen LogP) is 3.65. The van der Waals surface area contributed by atoms with Gasteiger partial charge in [0.2, 0.25) is 5.91 Å². The summed E-state index contributed by atoms with van der Waals surface area (Å²) < 4.78 is 12.7. The van der Waals surface area contributed by atoms with Crippen molar-refractivity contribution in [1.29, 1.82) is 0 Å². The van der Waals surface area contributed by atoms with Crippen LogP contribution in [0.2, 0.25) is 0 Å². The molecule has 0 spiro atoms. The molecule has 1 saturated heterocycles. The minimum Gasteiger partial charge on any atom is -0.394 e. The van der Waals surface area contributed by atoms with Crippen LogP contribution in [0.4, 0.5) is 0 Å². The third-order valence-corrected chi connectivity index (χ3v) is 8.04. The quantitative estimate of drug-likeness (QED) is 0.0665. The number of rotatable bonds is 24. The van der Waals surface area contributed by atoms with Crippen LogP contribution in [0.15, 0.2) is 12.2 Å². The maximum Gasteiger partial charge on any atom is 0.220 e. The van der Waals surface area contributed by atoms with Gasteiger partial charge in [0.05, 0.1) is 18.8 Å². The number of carbonyl (C=O) groups is 1. The Morgan fingerprint density at radius 2 is 1.39 bits per heavy atom. The predicted molar refractivity (Wildman–Crippen MR) is 161 cm³/mol. The van der Waals surface area contributed by atoms with Gasteiger partial charge in [0.15, 0.2) is 0 Å². The number of unbranched alkanes of at least 4 members (excludes halogenated alkanes) is 15. The lowest BCUT2D eigenvalue weighted by atomic mass is 9.88. The second-order valence-corrected chi connectivity index (χ2v) is 11.6. The third-order valence-electron chi connectivity index (χ3n) is 8.04. The summed E-state index contributed by atoms with van der Waals surface area (Å²) in [6.45, 7) is 1.98. The Bertz CT molecular complexity index is 697. The molecule has 7 N–H and O–H groups in total. The summed E-state index contributed by atoms with van der Waals surface area (Å²) in [5.41, 5.74) is 0. The number of nitrogens with one attached hydrogen (secondary N) is 1. The van der Waals surface area contributed by atoms with E-state index >= 15 is 0 Å². The van der Waals surface area contributed by atoms with Crippen LogP contribution in [0.3, 0.4) is 0 Å². The Hall–Kier alpha value is -1.07. The molecular weight excluding hydrogens is 526 g/mol. The van der Waals surface area contributed by atoms with Crippen molar-refractivity contribution in [2.24, 2.45) is 0 Å². The van der Waals surface area contributed by atoms with Gasteiger partial charge in [-0.2, -0.15) is 0 Å². The number of allylic oxidation sites excluding steroid dienone is 1. The van der Waals surface area contributed by atoms with E-state index in [0.717, 1.165) is 44.9 Å². The second-order valence-electron chi connectivity index (χ2n) is 11.6. The highest BCUT2D eigenvalue weighted by Crippen LogP contribution is 2.25. The Balaban J connectivity index is 2.62. The number of carbonyl (C=O) groups excluding carboxylic acids is 1. The lowest BCUT2D eigenvalue weighted by Gasteiger charge is -2.43. The van der Waals surface area contributed by atoms with E-state index in [1.165, 1.54) is 63.9 Å². The van der Waals surface area contributed by atoms with Crippen molar-refractivity contribution in [3.05, 3.63) is 12.2 Å². The third kappa shape index (κ3) is 15.3. The molecule has 41 heavy (non-hydrogen) atoms. The molecule has 2 unspecified atom stereocenters. The van der Waals surface area contributed by atoms with Crippen LogP contribution < -0.4 is 5.32 Å². The Morgan fingerprint density at radius 3 is 1.98 bits per heavy atom. The van der Waals surface area contributed by atoms with Crippen molar-refractivity contribution in [2.75, 3.05) is 6.61 Å². The normalized spacial score (nSPS) is 25.6. The highest BCUT2D eigenvalue weighted by atomic mass is 16.6. The summed E-state index contributed by atoms with van der Waals surface area (Å²) in [4.78, 5) is 12.7. The van der Waals surface area contributed by atoms with Crippen LogP contribution in [0.5, 0.6) is 0 Å². The van der Waals surface area contributed by atoms with Crippen molar-refractivity contribution in [2.45, 2.75) is 178 Å². The van der Waals surface area contributed by atoms with Crippen molar-refractivity contribution in [3.8, 4) is 0 Å². The molecule has 9 heteroatoms. The van der Waals surface area contributed by atoms with Gasteiger partial charge in [-0.15, -0.1) is 0 Å². The van der Waals surface area contributed by atoms with E-state index in [0.29, 0.717) is 13.3 Å². The fourth-order valence-corrected chi connectivity index (χ4v) is 5.35. The number of hydrogen-bond acceptors (Lipinski definition) is 8. The number of ether oxygens (including phenoxy) is 1. The average molecular weight is 589 g/mol. The molecule has 1 amide bonds. The Morgan fingerprint density at radius 1 is 0.829 bits per heavy atom. The molecule has 0 radical (unpaired) electrons. The Kier molecular flexibility index (Phi) is 20.6. The first-order valence-corrected chi connectivity index (χ1v) is 16.2. The zero-order chi connectivity index (χ0) is 31.2. The lowest BCUT2D eigenvalue weighted by molar-refractivity contribution is -0.253. The van der Waals surface area contributed by atoms with E-state index in [9.17, 15) is 35.4 Å². The molecular formula is C32H61NO8. The highest BCUT2D eigenvalue weighted by molar-refractivity contribution is 5.76. The molecule has 242 valence electrons. The largest absolute Gasteiger partial charge is 0.394 e. The number of aliphatic hydroxyl groups excluding tert-OH is 6. The van der Waals surface area contributed by atoms with Crippen molar-refractivity contribution in [1.82, 2.24) is 5.32 Å². The van der Waals surface area contributed by atoms with Crippen LogP contribution in [0, 0.1) is 0 Å². The maximum absolute atomic E-state index is 12.7. The molecule has 0 bridgehead atoms. The standard InChI is InChI=1S/C32H61NO8/c1-3-5-7-9-10-11-12-13-14-15-16-18-19-21-24(35)27(33-26(36)22-20-17-8-6-4-2)29(38)32-31(40)30(39)28(37)25(23-34)41-32/h19,21,24-25,27-32,34-35,37-40H,3-18,20,22-23H2,1-2H3,(H,33,36)/b21-19+/t24-,25-,27-,28-,29?,30+,31-,32?/m1/s1/i2D. The topological polar surface area (TPSA) is 160 Å². The zero-order valence-electron chi connectivity index (χ0n) is 26.4. The number of amides is 1. The van der Waals surface area contributed by atoms with E-state index in [-0.39, 0.29) is 12.3 Å². The van der Waals surface area contributed by atoms with Crippen LogP contribution in [0.25, 0.3) is 0 Å². The summed E-state index contributed by atoms with van der Waals surface area (Å²) in [6, 6.07) is -1.24. The number of hydrogen-bond donors (Lipinski definition) is 7. The molecule has 1 aliphatic heterocycles. The fraction of sp³-hybridized carbons (Fsp3) is 0.906. The SMILES string of the molecule is [2H]CCCCCCCC(=O)N[C@@H](C(O)C1O[C@H](CO)[C@@H](O)[C@H](O)[C@H]1O)[C@H](O)/C=C/CCCCCCCCCCCCC. The van der Waals surface area contributed by atoms with Gasteiger partial charge in [-0.3, -0.25) is 4.79 Å². The van der Waals surface area contributed by atoms with E-state index < -0.39 is 55.4 Å². The van der Waals surface area contributed by atoms with Gasteiger partial charge in [-0.05, 0) is 19.3 Å². The van der Waals surface area contributed by atoms with Gasteiger partial charge >= 0.3 is 0 Å². The van der Waals surface area contributed by atoms with Crippen LogP contribution >= 0.6 is 0 Å². The molecule has 1 fully saturated rings. The van der Waals surface area contributed by atoms with Gasteiger partial charge in [-0.1, -0.05) is 116 Å². The van der Waals surface area contributed by atoms with Crippen molar-refractivity contribution < 1.29 is 41.5 Å². The van der Waals surface area contributed by atoms with Crippen LogP contribution in [0.1, 0.15) is 131 Å². The van der Waals surface area contributed by atoms with Gasteiger partial charge in [-0.25, -0.2) is 0 Å². The molecule has 0 aromatic heterocycles. The lowest BCUT2D eigenvalue weighted by Crippen LogP contribution is -2.65. The summed E-state index contributed by atoms with van der Waals surface area (Å²) in [5.74, 6) is -0.373. The van der Waals surface area contributed by atoms with Gasteiger partial charge in [0.1, 0.15) is 36.6 Å². The fourth-order valence-electron chi connectivity index (χ4n) is 5.35. The molecule has 8 atom stereocenters. The molecule has 0 aromatic rings. The summed E-state index contributed by atoms with van der Waals surface area (Å²) >= 11 is 0. The average Bonchev–Trinajstić information content (AvgIpc) is 2.98. The molecule has 1 rings (SSSR count). The van der Waals surface area contributed by atoms with Gasteiger partial charge in [0, 0.05) is 7.79 Å².